The van der Waals surface area contributed by atoms with Gasteiger partial charge < -0.3 is 5.32 Å². The number of hydrogen-bond acceptors (Lipinski definition) is 3. The third-order valence-corrected chi connectivity index (χ3v) is 2.03. The number of piperazine rings is 1. The highest BCUT2D eigenvalue weighted by atomic mass is 19.4. The fourth-order valence-electron chi connectivity index (χ4n) is 1.43. The summed E-state index contributed by atoms with van der Waals surface area (Å²) in [4.78, 5) is 0. The van der Waals surface area contributed by atoms with Crippen LogP contribution >= 0.6 is 0 Å². The zero-order valence-electron chi connectivity index (χ0n) is 7.56. The Kier molecular flexibility index (Phi) is 3.52. The maximum atomic E-state index is 12.4. The Morgan fingerprint density at radius 3 is 2.23 bits per heavy atom. The topological polar surface area (TPSA) is 18.5 Å². The van der Waals surface area contributed by atoms with Crippen molar-refractivity contribution >= 4 is 0 Å². The van der Waals surface area contributed by atoms with Gasteiger partial charge in [-0.25, -0.2) is 5.01 Å². The summed E-state index contributed by atoms with van der Waals surface area (Å²) in [7, 11) is 0. The van der Waals surface area contributed by atoms with E-state index < -0.39 is 6.30 Å². The number of hydrogen-bond donors (Lipinski definition) is 1. The lowest BCUT2D eigenvalue weighted by Gasteiger charge is -2.37. The Hall–Kier alpha value is -0.330. The molecule has 0 atom stereocenters. The van der Waals surface area contributed by atoms with E-state index in [1.807, 2.05) is 0 Å². The smallest absolute Gasteiger partial charge is 0.314 e. The van der Waals surface area contributed by atoms with Gasteiger partial charge in [-0.2, -0.15) is 13.2 Å². The van der Waals surface area contributed by atoms with Crippen molar-refractivity contribution in [3.8, 4) is 0 Å². The Labute approximate surface area is 75.5 Å². The van der Waals surface area contributed by atoms with Crippen molar-refractivity contribution in [2.24, 2.45) is 0 Å². The van der Waals surface area contributed by atoms with Gasteiger partial charge in [-0.05, 0) is 0 Å². The highest BCUT2D eigenvalue weighted by Gasteiger charge is 2.40. The molecule has 0 amide bonds. The van der Waals surface area contributed by atoms with Gasteiger partial charge in [0.2, 0.25) is 0 Å². The molecule has 6 heteroatoms. The molecule has 1 saturated heterocycles. The van der Waals surface area contributed by atoms with E-state index in [2.05, 4.69) is 5.32 Å². The van der Waals surface area contributed by atoms with E-state index >= 15 is 0 Å². The number of alkyl halides is 3. The van der Waals surface area contributed by atoms with Gasteiger partial charge in [0.05, 0.1) is 0 Å². The van der Waals surface area contributed by atoms with Gasteiger partial charge in [0.25, 0.3) is 0 Å². The quantitative estimate of drug-likeness (QED) is 0.656. The molecule has 0 aromatic rings. The molecule has 1 fully saturated rings. The van der Waals surface area contributed by atoms with Crippen molar-refractivity contribution in [1.29, 1.82) is 0 Å². The standard InChI is InChI=1S/C7H14F3N3/c1-2-13(7(8,9)10)12-5-3-11-4-6-12/h11H,2-6H2,1H3. The van der Waals surface area contributed by atoms with E-state index in [1.54, 1.807) is 0 Å². The lowest BCUT2D eigenvalue weighted by molar-refractivity contribution is -0.313. The molecule has 1 aliphatic heterocycles. The SMILES string of the molecule is CCN(N1CCNCC1)C(F)(F)F. The third kappa shape index (κ3) is 2.82. The monoisotopic (exact) mass is 197 g/mol. The average molecular weight is 197 g/mol. The van der Waals surface area contributed by atoms with Crippen molar-refractivity contribution in [2.75, 3.05) is 32.7 Å². The van der Waals surface area contributed by atoms with Crippen LogP contribution in [0.15, 0.2) is 0 Å². The third-order valence-electron chi connectivity index (χ3n) is 2.03. The van der Waals surface area contributed by atoms with Crippen LogP contribution < -0.4 is 5.32 Å². The van der Waals surface area contributed by atoms with Crippen LogP contribution in [0.3, 0.4) is 0 Å². The fourth-order valence-corrected chi connectivity index (χ4v) is 1.43. The predicted molar refractivity (Wildman–Crippen MR) is 42.9 cm³/mol. The molecule has 0 unspecified atom stereocenters. The Morgan fingerprint density at radius 1 is 1.31 bits per heavy atom. The first-order valence-corrected chi connectivity index (χ1v) is 4.35. The van der Waals surface area contributed by atoms with Gasteiger partial charge in [0.15, 0.2) is 0 Å². The highest BCUT2D eigenvalue weighted by Crippen LogP contribution is 2.22. The van der Waals surface area contributed by atoms with Gasteiger partial charge in [-0.15, -0.1) is 5.01 Å². The Bertz CT molecular complexity index is 154. The van der Waals surface area contributed by atoms with Crippen molar-refractivity contribution in [2.45, 2.75) is 13.2 Å². The van der Waals surface area contributed by atoms with Gasteiger partial charge in [-0.1, -0.05) is 6.92 Å². The van der Waals surface area contributed by atoms with E-state index in [4.69, 9.17) is 0 Å². The van der Waals surface area contributed by atoms with E-state index in [0.29, 0.717) is 31.2 Å². The molecule has 0 spiro atoms. The molecule has 0 saturated carbocycles. The summed E-state index contributed by atoms with van der Waals surface area (Å²) in [6.07, 6.45) is -4.24. The number of nitrogens with zero attached hydrogens (tertiary/aromatic N) is 2. The van der Waals surface area contributed by atoms with Crippen LogP contribution in [0.4, 0.5) is 13.2 Å². The number of halogens is 3. The maximum absolute atomic E-state index is 12.4. The number of nitrogens with one attached hydrogen (secondary N) is 1. The van der Waals surface area contributed by atoms with E-state index in [0.717, 1.165) is 0 Å². The maximum Gasteiger partial charge on any atom is 0.473 e. The molecule has 0 aromatic carbocycles. The van der Waals surface area contributed by atoms with Crippen LogP contribution in [0, 0.1) is 0 Å². The zero-order chi connectivity index (χ0) is 9.90. The predicted octanol–water partition coefficient (Wildman–Crippen LogP) is 0.648. The Balaban J connectivity index is 2.54. The lowest BCUT2D eigenvalue weighted by Crippen LogP contribution is -2.57. The van der Waals surface area contributed by atoms with Gasteiger partial charge in [0.1, 0.15) is 0 Å². The first kappa shape index (κ1) is 10.7. The van der Waals surface area contributed by atoms with Gasteiger partial charge >= 0.3 is 6.30 Å². The summed E-state index contributed by atoms with van der Waals surface area (Å²) >= 11 is 0. The lowest BCUT2D eigenvalue weighted by atomic mass is 10.4. The molecule has 1 heterocycles. The van der Waals surface area contributed by atoms with Crippen molar-refractivity contribution in [3.63, 3.8) is 0 Å². The van der Waals surface area contributed by atoms with Crippen molar-refractivity contribution in [3.05, 3.63) is 0 Å². The first-order valence-electron chi connectivity index (χ1n) is 4.35. The second-order valence-corrected chi connectivity index (χ2v) is 2.89. The number of rotatable bonds is 2. The van der Waals surface area contributed by atoms with E-state index in [9.17, 15) is 13.2 Å². The number of hydrazine groups is 1. The molecule has 0 bridgehead atoms. The largest absolute Gasteiger partial charge is 0.473 e. The fraction of sp³-hybridized carbons (Fsp3) is 1.00. The molecule has 0 aliphatic carbocycles. The summed E-state index contributed by atoms with van der Waals surface area (Å²) in [5.41, 5.74) is 0. The molecular weight excluding hydrogens is 183 g/mol. The van der Waals surface area contributed by atoms with Crippen molar-refractivity contribution < 1.29 is 13.2 Å². The summed E-state index contributed by atoms with van der Waals surface area (Å²) in [6.45, 7) is 3.57. The van der Waals surface area contributed by atoms with E-state index in [1.165, 1.54) is 11.9 Å². The molecule has 0 radical (unpaired) electrons. The minimum atomic E-state index is -4.24. The Morgan fingerprint density at radius 2 is 1.85 bits per heavy atom. The van der Waals surface area contributed by atoms with Gasteiger partial charge in [0, 0.05) is 32.7 Å². The van der Waals surface area contributed by atoms with E-state index in [-0.39, 0.29) is 6.54 Å². The summed E-state index contributed by atoms with van der Waals surface area (Å²) in [5.74, 6) is 0. The van der Waals surface area contributed by atoms with Crippen LogP contribution in [-0.2, 0) is 0 Å². The van der Waals surface area contributed by atoms with Gasteiger partial charge in [-0.3, -0.25) is 0 Å². The molecular formula is C7H14F3N3. The summed E-state index contributed by atoms with van der Waals surface area (Å²) < 4.78 is 37.1. The molecule has 1 aliphatic rings. The normalized spacial score (nSPS) is 21.0. The molecule has 3 nitrogen and oxygen atoms in total. The van der Waals surface area contributed by atoms with Crippen LogP contribution in [0.2, 0.25) is 0 Å². The molecule has 1 N–H and O–H groups in total. The molecule has 13 heavy (non-hydrogen) atoms. The molecule has 0 aromatic heterocycles. The van der Waals surface area contributed by atoms with Crippen molar-refractivity contribution in [1.82, 2.24) is 15.3 Å². The first-order chi connectivity index (χ1) is 6.05. The van der Waals surface area contributed by atoms with Crippen LogP contribution in [0.1, 0.15) is 6.92 Å². The summed E-state index contributed by atoms with van der Waals surface area (Å²) in [5, 5.41) is 4.82. The van der Waals surface area contributed by atoms with Crippen LogP contribution in [0.25, 0.3) is 0 Å². The minimum Gasteiger partial charge on any atom is -0.314 e. The summed E-state index contributed by atoms with van der Waals surface area (Å²) in [6, 6.07) is 0. The second kappa shape index (κ2) is 4.26. The molecule has 78 valence electrons. The highest BCUT2D eigenvalue weighted by molar-refractivity contribution is 4.67. The molecule has 1 rings (SSSR count). The minimum absolute atomic E-state index is 0.0243. The average Bonchev–Trinajstić information content (AvgIpc) is 2.05. The zero-order valence-corrected chi connectivity index (χ0v) is 7.56. The van der Waals surface area contributed by atoms with Crippen LogP contribution in [0.5, 0.6) is 0 Å². The second-order valence-electron chi connectivity index (χ2n) is 2.89. The van der Waals surface area contributed by atoms with Crippen LogP contribution in [-0.4, -0.2) is 49.0 Å².